The zero-order valence-corrected chi connectivity index (χ0v) is 14.5. The summed E-state index contributed by atoms with van der Waals surface area (Å²) in [6.07, 6.45) is -4.49. The number of nitrogens with two attached hydrogens (primary N) is 1. The molecule has 3 aromatic rings. The fourth-order valence-electron chi connectivity index (χ4n) is 2.38. The van der Waals surface area contributed by atoms with E-state index in [9.17, 15) is 13.2 Å². The summed E-state index contributed by atoms with van der Waals surface area (Å²) in [4.78, 5) is 8.31. The van der Waals surface area contributed by atoms with Crippen molar-refractivity contribution in [2.45, 2.75) is 18.1 Å². The maximum atomic E-state index is 13.4. The summed E-state index contributed by atoms with van der Waals surface area (Å²) in [5, 5.41) is 0.587. The number of alkyl halides is 3. The Morgan fingerprint density at radius 3 is 2.42 bits per heavy atom. The number of hydrogen-bond donors (Lipinski definition) is 2. The Kier molecular flexibility index (Phi) is 5.03. The van der Waals surface area contributed by atoms with Gasteiger partial charge in [-0.2, -0.15) is 13.2 Å². The van der Waals surface area contributed by atoms with Crippen molar-refractivity contribution in [1.82, 2.24) is 9.97 Å². The molecule has 3 N–H and O–H groups in total. The molecule has 2 heterocycles. The highest BCUT2D eigenvalue weighted by molar-refractivity contribution is 8.00. The quantitative estimate of drug-likeness (QED) is 0.615. The van der Waals surface area contributed by atoms with Gasteiger partial charge in [0.15, 0.2) is 0 Å². The van der Waals surface area contributed by atoms with Crippen LogP contribution in [0.3, 0.4) is 0 Å². The van der Waals surface area contributed by atoms with Crippen molar-refractivity contribution in [3.05, 3.63) is 65.7 Å². The smallest absolute Gasteiger partial charge is 0.384 e. The van der Waals surface area contributed by atoms with Gasteiger partial charge in [-0.1, -0.05) is 30.3 Å². The van der Waals surface area contributed by atoms with Gasteiger partial charge >= 0.3 is 6.18 Å². The lowest BCUT2D eigenvalue weighted by molar-refractivity contribution is -0.137. The molecule has 3 rings (SSSR count). The van der Waals surface area contributed by atoms with Crippen molar-refractivity contribution in [2.75, 3.05) is 10.5 Å². The van der Waals surface area contributed by atoms with Crippen molar-refractivity contribution in [3.8, 4) is 11.3 Å². The molecule has 0 saturated heterocycles. The molecule has 0 atom stereocenters. The van der Waals surface area contributed by atoms with Gasteiger partial charge in [0, 0.05) is 17.5 Å². The standard InChI is InChI=1S/C18H15F3N4S/c1-11-5-2-3-6-12(11)17-13(18(19,20)21)9-10-15(24-17)25-26-16-8-4-7-14(22)23-16/h2-10H,1H3,(H2,22,23)(H,24,25). The maximum absolute atomic E-state index is 13.4. The van der Waals surface area contributed by atoms with Gasteiger partial charge < -0.3 is 10.5 Å². The number of pyridine rings is 2. The van der Waals surface area contributed by atoms with E-state index in [-0.39, 0.29) is 5.69 Å². The van der Waals surface area contributed by atoms with Gasteiger partial charge in [0.1, 0.15) is 16.7 Å². The molecule has 0 unspecified atom stereocenters. The first-order chi connectivity index (χ1) is 12.3. The summed E-state index contributed by atoms with van der Waals surface area (Å²) in [6, 6.07) is 14.3. The van der Waals surface area contributed by atoms with E-state index in [1.54, 1.807) is 49.4 Å². The Balaban J connectivity index is 1.96. The SMILES string of the molecule is Cc1ccccc1-c1nc(NSc2cccc(N)n2)ccc1C(F)(F)F. The molecule has 0 saturated carbocycles. The topological polar surface area (TPSA) is 63.8 Å². The van der Waals surface area contributed by atoms with Crippen LogP contribution in [0.5, 0.6) is 0 Å². The lowest BCUT2D eigenvalue weighted by Gasteiger charge is -2.15. The normalized spacial score (nSPS) is 11.4. The van der Waals surface area contributed by atoms with Gasteiger partial charge in [0.25, 0.3) is 0 Å². The van der Waals surface area contributed by atoms with E-state index < -0.39 is 11.7 Å². The summed E-state index contributed by atoms with van der Waals surface area (Å²) in [5.74, 6) is 0.656. The van der Waals surface area contributed by atoms with Gasteiger partial charge in [0.2, 0.25) is 0 Å². The number of nitrogen functional groups attached to an aromatic ring is 1. The minimum atomic E-state index is -4.49. The third-order valence-electron chi connectivity index (χ3n) is 3.61. The van der Waals surface area contributed by atoms with Gasteiger partial charge in [-0.25, -0.2) is 9.97 Å². The molecule has 0 fully saturated rings. The molecule has 2 aromatic heterocycles. The fourth-order valence-corrected chi connectivity index (χ4v) is 3.00. The molecule has 4 nitrogen and oxygen atoms in total. The maximum Gasteiger partial charge on any atom is 0.418 e. The molecular formula is C18H15F3N4S. The number of rotatable bonds is 4. The van der Waals surface area contributed by atoms with Crippen LogP contribution in [0.15, 0.2) is 59.6 Å². The molecule has 0 aliphatic rings. The van der Waals surface area contributed by atoms with Gasteiger partial charge in [-0.05, 0) is 36.8 Å². The minimum absolute atomic E-state index is 0.110. The van der Waals surface area contributed by atoms with E-state index >= 15 is 0 Å². The van der Waals surface area contributed by atoms with Gasteiger partial charge in [-0.3, -0.25) is 0 Å². The highest BCUT2D eigenvalue weighted by atomic mass is 32.2. The van der Waals surface area contributed by atoms with E-state index in [1.165, 1.54) is 6.07 Å². The average Bonchev–Trinajstić information content (AvgIpc) is 2.59. The van der Waals surface area contributed by atoms with Crippen molar-refractivity contribution in [2.24, 2.45) is 0 Å². The third kappa shape index (κ3) is 4.08. The van der Waals surface area contributed by atoms with Crippen LogP contribution >= 0.6 is 11.9 Å². The number of anilines is 2. The Bertz CT molecular complexity index is 928. The fraction of sp³-hybridized carbons (Fsp3) is 0.111. The first kappa shape index (κ1) is 18.1. The second kappa shape index (κ2) is 7.25. The van der Waals surface area contributed by atoms with Crippen molar-refractivity contribution in [1.29, 1.82) is 0 Å². The molecular weight excluding hydrogens is 361 g/mol. The average molecular weight is 376 g/mol. The van der Waals surface area contributed by atoms with Crippen LogP contribution in [-0.4, -0.2) is 9.97 Å². The van der Waals surface area contributed by atoms with Crippen LogP contribution < -0.4 is 10.5 Å². The number of aryl methyl sites for hydroxylation is 1. The van der Waals surface area contributed by atoms with Crippen LogP contribution in [0.1, 0.15) is 11.1 Å². The molecule has 0 radical (unpaired) electrons. The lowest BCUT2D eigenvalue weighted by atomic mass is 10.0. The van der Waals surface area contributed by atoms with E-state index in [4.69, 9.17) is 5.73 Å². The first-order valence-corrected chi connectivity index (χ1v) is 8.46. The summed E-state index contributed by atoms with van der Waals surface area (Å²) in [7, 11) is 0. The summed E-state index contributed by atoms with van der Waals surface area (Å²) >= 11 is 1.12. The van der Waals surface area contributed by atoms with Crippen LogP contribution in [-0.2, 0) is 6.18 Å². The number of nitrogens with zero attached hydrogens (tertiary/aromatic N) is 2. The number of hydrogen-bond acceptors (Lipinski definition) is 5. The van der Waals surface area contributed by atoms with Gasteiger partial charge in [-0.15, -0.1) is 0 Å². The number of aromatic nitrogens is 2. The molecule has 0 bridgehead atoms. The highest BCUT2D eigenvalue weighted by Crippen LogP contribution is 2.38. The zero-order chi connectivity index (χ0) is 18.7. The molecule has 1 aromatic carbocycles. The summed E-state index contributed by atoms with van der Waals surface area (Å²) < 4.78 is 43.1. The zero-order valence-electron chi connectivity index (χ0n) is 13.7. The molecule has 0 aliphatic heterocycles. The Morgan fingerprint density at radius 1 is 0.962 bits per heavy atom. The van der Waals surface area contributed by atoms with E-state index in [1.807, 2.05) is 0 Å². The van der Waals surface area contributed by atoms with Crippen LogP contribution in [0.25, 0.3) is 11.3 Å². The Morgan fingerprint density at radius 2 is 1.73 bits per heavy atom. The molecule has 0 aliphatic carbocycles. The first-order valence-electron chi connectivity index (χ1n) is 7.64. The Hall–Kier alpha value is -2.74. The molecule has 134 valence electrons. The van der Waals surface area contributed by atoms with Crippen molar-refractivity contribution < 1.29 is 13.2 Å². The third-order valence-corrected chi connectivity index (χ3v) is 4.35. The van der Waals surface area contributed by atoms with Gasteiger partial charge in [0.05, 0.1) is 11.3 Å². The second-order valence-corrected chi connectivity index (χ2v) is 6.34. The minimum Gasteiger partial charge on any atom is -0.384 e. The van der Waals surface area contributed by atoms with E-state index in [2.05, 4.69) is 14.7 Å². The van der Waals surface area contributed by atoms with Crippen molar-refractivity contribution >= 4 is 23.6 Å². The highest BCUT2D eigenvalue weighted by Gasteiger charge is 2.35. The number of halogens is 3. The summed E-state index contributed by atoms with van der Waals surface area (Å²) in [5.41, 5.74) is 5.89. The second-order valence-electron chi connectivity index (χ2n) is 5.51. The van der Waals surface area contributed by atoms with Crippen LogP contribution in [0.4, 0.5) is 24.8 Å². The largest absolute Gasteiger partial charge is 0.418 e. The molecule has 8 heteroatoms. The van der Waals surface area contributed by atoms with Crippen molar-refractivity contribution in [3.63, 3.8) is 0 Å². The number of benzene rings is 1. The predicted molar refractivity (Wildman–Crippen MR) is 97.5 cm³/mol. The number of nitrogens with one attached hydrogen (secondary N) is 1. The Labute approximate surface area is 152 Å². The van der Waals surface area contributed by atoms with E-state index in [0.29, 0.717) is 27.8 Å². The molecule has 0 spiro atoms. The van der Waals surface area contributed by atoms with Crippen LogP contribution in [0.2, 0.25) is 0 Å². The van der Waals surface area contributed by atoms with Crippen LogP contribution in [0, 0.1) is 6.92 Å². The monoisotopic (exact) mass is 376 g/mol. The van der Waals surface area contributed by atoms with E-state index in [0.717, 1.165) is 18.0 Å². The summed E-state index contributed by atoms with van der Waals surface area (Å²) in [6.45, 7) is 1.75. The molecule has 26 heavy (non-hydrogen) atoms. The lowest BCUT2D eigenvalue weighted by Crippen LogP contribution is -2.09. The predicted octanol–water partition coefficient (Wildman–Crippen LogP) is 5.17. The molecule has 0 amide bonds.